The molecule has 5 heteroatoms. The minimum atomic E-state index is 0.0916. The Morgan fingerprint density at radius 1 is 1.56 bits per heavy atom. The molecular formula is C13H20BrN3O. The largest absolute Gasteiger partial charge is 0.342 e. The normalized spacial score (nSPS) is 23.7. The quantitative estimate of drug-likeness (QED) is 0.929. The molecule has 1 saturated heterocycles. The van der Waals surface area contributed by atoms with Gasteiger partial charge in [-0.25, -0.2) is 0 Å². The van der Waals surface area contributed by atoms with Gasteiger partial charge in [0.1, 0.15) is 5.69 Å². The van der Waals surface area contributed by atoms with Gasteiger partial charge < -0.3 is 15.2 Å². The first-order valence-electron chi connectivity index (χ1n) is 6.43. The van der Waals surface area contributed by atoms with Gasteiger partial charge in [0.25, 0.3) is 5.91 Å². The van der Waals surface area contributed by atoms with E-state index in [2.05, 4.69) is 29.8 Å². The van der Waals surface area contributed by atoms with E-state index in [0.717, 1.165) is 29.7 Å². The Bertz CT molecular complexity index is 433. The Morgan fingerprint density at radius 2 is 2.28 bits per heavy atom. The van der Waals surface area contributed by atoms with Crippen LogP contribution in [-0.2, 0) is 6.54 Å². The van der Waals surface area contributed by atoms with E-state index >= 15 is 0 Å². The van der Waals surface area contributed by atoms with Gasteiger partial charge in [-0.3, -0.25) is 4.79 Å². The molecule has 4 nitrogen and oxygen atoms in total. The molecule has 18 heavy (non-hydrogen) atoms. The maximum Gasteiger partial charge on any atom is 0.270 e. The zero-order valence-electron chi connectivity index (χ0n) is 10.9. The summed E-state index contributed by atoms with van der Waals surface area (Å²) in [5, 5.41) is 0. The minimum Gasteiger partial charge on any atom is -0.342 e. The third kappa shape index (κ3) is 2.62. The number of halogens is 1. The van der Waals surface area contributed by atoms with Crippen LogP contribution >= 0.6 is 15.9 Å². The van der Waals surface area contributed by atoms with Crippen molar-refractivity contribution in [2.24, 2.45) is 11.7 Å². The van der Waals surface area contributed by atoms with Gasteiger partial charge in [-0.05, 0) is 34.3 Å². The summed E-state index contributed by atoms with van der Waals surface area (Å²) in [6.07, 6.45) is 2.98. The van der Waals surface area contributed by atoms with E-state index in [1.54, 1.807) is 0 Å². The van der Waals surface area contributed by atoms with Crippen molar-refractivity contribution in [1.29, 1.82) is 0 Å². The summed E-state index contributed by atoms with van der Waals surface area (Å²) in [5.41, 5.74) is 6.73. The average Bonchev–Trinajstić information content (AvgIpc) is 2.83. The number of aryl methyl sites for hydroxylation is 1. The lowest BCUT2D eigenvalue weighted by atomic mass is 10.1. The van der Waals surface area contributed by atoms with E-state index in [4.69, 9.17) is 5.73 Å². The number of hydrogen-bond acceptors (Lipinski definition) is 2. The number of nitrogens with two attached hydrogens (primary N) is 1. The van der Waals surface area contributed by atoms with Crippen LogP contribution in [0, 0.1) is 5.92 Å². The molecule has 0 radical (unpaired) electrons. The van der Waals surface area contributed by atoms with Gasteiger partial charge in [0, 0.05) is 36.3 Å². The molecule has 100 valence electrons. The Balaban J connectivity index is 2.18. The Hall–Kier alpha value is -0.810. The number of rotatable bonds is 3. The molecule has 0 spiro atoms. The highest BCUT2D eigenvalue weighted by Crippen LogP contribution is 2.21. The van der Waals surface area contributed by atoms with Crippen LogP contribution in [-0.4, -0.2) is 34.5 Å². The third-order valence-corrected chi connectivity index (χ3v) is 3.94. The molecule has 0 aromatic carbocycles. The molecule has 1 aromatic heterocycles. The van der Waals surface area contributed by atoms with Crippen LogP contribution < -0.4 is 5.73 Å². The summed E-state index contributed by atoms with van der Waals surface area (Å²) >= 11 is 3.44. The molecule has 2 heterocycles. The molecule has 2 atom stereocenters. The lowest BCUT2D eigenvalue weighted by Crippen LogP contribution is -2.33. The number of nitrogens with zero attached hydrogens (tertiary/aromatic N) is 2. The summed E-state index contributed by atoms with van der Waals surface area (Å²) in [5.74, 6) is 0.473. The molecule has 2 N–H and O–H groups in total. The minimum absolute atomic E-state index is 0.0916. The fourth-order valence-corrected chi connectivity index (χ4v) is 2.86. The Labute approximate surface area is 116 Å². The third-order valence-electron chi connectivity index (χ3n) is 3.50. The molecule has 2 unspecified atom stereocenters. The van der Waals surface area contributed by atoms with Crippen LogP contribution in [0.25, 0.3) is 0 Å². The van der Waals surface area contributed by atoms with Crippen molar-refractivity contribution in [3.63, 3.8) is 0 Å². The van der Waals surface area contributed by atoms with Crippen LogP contribution in [0.4, 0.5) is 0 Å². The summed E-state index contributed by atoms with van der Waals surface area (Å²) in [6.45, 7) is 6.49. The van der Waals surface area contributed by atoms with Crippen molar-refractivity contribution in [3.05, 3.63) is 22.4 Å². The number of likely N-dealkylation sites (tertiary alicyclic amines) is 1. The molecule has 1 aromatic rings. The second kappa shape index (κ2) is 5.45. The zero-order valence-corrected chi connectivity index (χ0v) is 12.5. The van der Waals surface area contributed by atoms with Crippen LogP contribution in [0.1, 0.15) is 30.8 Å². The summed E-state index contributed by atoms with van der Waals surface area (Å²) in [4.78, 5) is 14.3. The number of carbonyl (C=O) groups is 1. The lowest BCUT2D eigenvalue weighted by molar-refractivity contribution is 0.0776. The summed E-state index contributed by atoms with van der Waals surface area (Å²) < 4.78 is 2.97. The van der Waals surface area contributed by atoms with E-state index in [9.17, 15) is 4.79 Å². The molecule has 1 aliphatic heterocycles. The van der Waals surface area contributed by atoms with E-state index in [1.165, 1.54) is 0 Å². The highest BCUT2D eigenvalue weighted by atomic mass is 79.9. The first-order chi connectivity index (χ1) is 8.52. The van der Waals surface area contributed by atoms with E-state index < -0.39 is 0 Å². The fourth-order valence-electron chi connectivity index (χ4n) is 2.40. The maximum absolute atomic E-state index is 12.5. The second-order valence-electron chi connectivity index (χ2n) is 5.09. The van der Waals surface area contributed by atoms with Gasteiger partial charge in [0.2, 0.25) is 0 Å². The Kier molecular flexibility index (Phi) is 4.12. The van der Waals surface area contributed by atoms with Crippen molar-refractivity contribution in [2.75, 3.05) is 13.1 Å². The van der Waals surface area contributed by atoms with Gasteiger partial charge >= 0.3 is 0 Å². The van der Waals surface area contributed by atoms with Crippen LogP contribution in [0.2, 0.25) is 0 Å². The number of carbonyl (C=O) groups excluding carboxylic acids is 1. The van der Waals surface area contributed by atoms with Gasteiger partial charge in [-0.2, -0.15) is 0 Å². The second-order valence-corrected chi connectivity index (χ2v) is 6.00. The maximum atomic E-state index is 12.5. The topological polar surface area (TPSA) is 51.3 Å². The van der Waals surface area contributed by atoms with E-state index in [-0.39, 0.29) is 11.9 Å². The molecule has 0 saturated carbocycles. The smallest absolute Gasteiger partial charge is 0.270 e. The van der Waals surface area contributed by atoms with E-state index in [0.29, 0.717) is 12.5 Å². The van der Waals surface area contributed by atoms with Gasteiger partial charge in [0.15, 0.2) is 0 Å². The van der Waals surface area contributed by atoms with Crippen LogP contribution in [0.5, 0.6) is 0 Å². The fraction of sp³-hybridized carbons (Fsp3) is 0.615. The van der Waals surface area contributed by atoms with Gasteiger partial charge in [-0.15, -0.1) is 0 Å². The molecule has 0 aliphatic carbocycles. The van der Waals surface area contributed by atoms with Crippen molar-refractivity contribution in [3.8, 4) is 0 Å². The number of hydrogen-bond donors (Lipinski definition) is 1. The molecule has 0 bridgehead atoms. The molecule has 2 rings (SSSR count). The highest BCUT2D eigenvalue weighted by molar-refractivity contribution is 9.10. The summed E-state index contributed by atoms with van der Waals surface area (Å²) in [6, 6.07) is 2.00. The van der Waals surface area contributed by atoms with Crippen molar-refractivity contribution in [1.82, 2.24) is 9.47 Å². The average molecular weight is 314 g/mol. The standard InChI is InChI=1S/C13H20BrN3O/c1-3-4-16-7-10(14)5-12(16)13(18)17-6-9(2)11(15)8-17/h5,7,9,11H,3-4,6,8,15H2,1-2H3. The number of aromatic nitrogens is 1. The van der Waals surface area contributed by atoms with Crippen molar-refractivity contribution in [2.45, 2.75) is 32.9 Å². The van der Waals surface area contributed by atoms with Crippen LogP contribution in [0.3, 0.4) is 0 Å². The van der Waals surface area contributed by atoms with Crippen molar-refractivity contribution < 1.29 is 4.79 Å². The SMILES string of the molecule is CCCn1cc(Br)cc1C(=O)N1CC(C)C(N)C1. The van der Waals surface area contributed by atoms with Gasteiger partial charge in [-0.1, -0.05) is 13.8 Å². The van der Waals surface area contributed by atoms with Crippen molar-refractivity contribution >= 4 is 21.8 Å². The van der Waals surface area contributed by atoms with Crippen LogP contribution in [0.15, 0.2) is 16.7 Å². The first kappa shape index (κ1) is 13.6. The van der Waals surface area contributed by atoms with E-state index in [1.807, 2.05) is 21.7 Å². The predicted octanol–water partition coefficient (Wildman–Crippen LogP) is 2.08. The molecule has 1 fully saturated rings. The first-order valence-corrected chi connectivity index (χ1v) is 7.22. The highest BCUT2D eigenvalue weighted by Gasteiger charge is 2.31. The molecular weight excluding hydrogens is 294 g/mol. The zero-order chi connectivity index (χ0) is 13.3. The lowest BCUT2D eigenvalue weighted by Gasteiger charge is -2.17. The molecule has 1 aliphatic rings. The monoisotopic (exact) mass is 313 g/mol. The number of amides is 1. The van der Waals surface area contributed by atoms with Gasteiger partial charge in [0.05, 0.1) is 0 Å². The molecule has 1 amide bonds. The summed E-state index contributed by atoms with van der Waals surface area (Å²) in [7, 11) is 0. The Morgan fingerprint density at radius 3 is 2.83 bits per heavy atom. The predicted molar refractivity (Wildman–Crippen MR) is 75.5 cm³/mol.